The van der Waals surface area contributed by atoms with E-state index in [1.165, 1.54) is 39.2 Å². The summed E-state index contributed by atoms with van der Waals surface area (Å²) in [5.41, 5.74) is 0. The van der Waals surface area contributed by atoms with Crippen molar-refractivity contribution in [1.29, 1.82) is 0 Å². The van der Waals surface area contributed by atoms with Crippen LogP contribution in [0.15, 0.2) is 24.3 Å². The fraction of sp³-hybridized carbons (Fsp3) is 0.588. The minimum atomic E-state index is -1.11. The molecule has 140 valence electrons. The molecule has 0 saturated carbocycles. The fourth-order valence-electron chi connectivity index (χ4n) is 2.32. The fourth-order valence-corrected chi connectivity index (χ4v) is 2.32. The molecule has 5 atom stereocenters. The molecule has 1 aliphatic heterocycles. The Bertz CT molecular complexity index is 539. The van der Waals surface area contributed by atoms with Gasteiger partial charge >= 0.3 is 17.9 Å². The molecule has 0 saturated heterocycles. The van der Waals surface area contributed by atoms with Gasteiger partial charge in [-0.15, -0.1) is 0 Å². The number of carbonyl (C=O) groups excluding carboxylic acids is 3. The standard InChI is InChI=1S/C17H24O8/c1-10(23-11(2)18)13(24-12(3)19)8-9-14(22-4)17(21)15-6-5-7-16(20)25-15/h5,7-10,13-15,17,21H,6H2,1-4H3. The van der Waals surface area contributed by atoms with Gasteiger partial charge in [0, 0.05) is 33.5 Å². The van der Waals surface area contributed by atoms with Crippen LogP contribution in [0.1, 0.15) is 27.2 Å². The van der Waals surface area contributed by atoms with Gasteiger partial charge in [0.1, 0.15) is 24.4 Å². The first kappa shape index (κ1) is 20.9. The summed E-state index contributed by atoms with van der Waals surface area (Å²) in [6.07, 6.45) is 1.96. The van der Waals surface area contributed by atoms with Crippen molar-refractivity contribution in [3.63, 3.8) is 0 Å². The minimum absolute atomic E-state index is 0.359. The first-order valence-corrected chi connectivity index (χ1v) is 7.85. The number of hydrogen-bond donors (Lipinski definition) is 1. The maximum absolute atomic E-state index is 11.3. The summed E-state index contributed by atoms with van der Waals surface area (Å²) in [5.74, 6) is -1.59. The maximum atomic E-state index is 11.3. The third-order valence-corrected chi connectivity index (χ3v) is 3.49. The first-order chi connectivity index (χ1) is 11.7. The lowest BCUT2D eigenvalue weighted by molar-refractivity contribution is -0.160. The number of carbonyl (C=O) groups is 3. The Hall–Kier alpha value is -2.19. The molecule has 1 heterocycles. The van der Waals surface area contributed by atoms with E-state index in [2.05, 4.69) is 0 Å². The Labute approximate surface area is 146 Å². The van der Waals surface area contributed by atoms with Crippen LogP contribution >= 0.6 is 0 Å². The number of cyclic esters (lactones) is 1. The van der Waals surface area contributed by atoms with Crippen LogP contribution in [0.2, 0.25) is 0 Å². The van der Waals surface area contributed by atoms with Crippen LogP contribution in [-0.2, 0) is 33.3 Å². The van der Waals surface area contributed by atoms with Gasteiger partial charge in [-0.2, -0.15) is 0 Å². The largest absolute Gasteiger partial charge is 0.459 e. The van der Waals surface area contributed by atoms with Gasteiger partial charge in [0.15, 0.2) is 6.10 Å². The Kier molecular flexibility index (Phi) is 8.30. The Balaban J connectivity index is 2.82. The van der Waals surface area contributed by atoms with Gasteiger partial charge < -0.3 is 24.1 Å². The highest BCUT2D eigenvalue weighted by molar-refractivity contribution is 5.82. The number of aliphatic hydroxyl groups excluding tert-OH is 1. The lowest BCUT2D eigenvalue weighted by Crippen LogP contribution is -2.41. The second kappa shape index (κ2) is 9.95. The highest BCUT2D eigenvalue weighted by Crippen LogP contribution is 2.17. The molecular weight excluding hydrogens is 332 g/mol. The van der Waals surface area contributed by atoms with E-state index in [-0.39, 0.29) is 0 Å². The second-order valence-electron chi connectivity index (χ2n) is 5.58. The van der Waals surface area contributed by atoms with Crippen molar-refractivity contribution in [2.45, 2.75) is 57.7 Å². The Morgan fingerprint density at radius 3 is 2.36 bits per heavy atom. The van der Waals surface area contributed by atoms with Gasteiger partial charge in [0.2, 0.25) is 0 Å². The van der Waals surface area contributed by atoms with Crippen LogP contribution in [0.25, 0.3) is 0 Å². The molecule has 0 spiro atoms. The SMILES string of the molecule is COC(C=CC(OC(C)=O)C(C)OC(C)=O)C(O)C1CC=CC(=O)O1. The van der Waals surface area contributed by atoms with E-state index in [1.807, 2.05) is 0 Å². The predicted molar refractivity (Wildman–Crippen MR) is 86.4 cm³/mol. The lowest BCUT2D eigenvalue weighted by Gasteiger charge is -2.28. The van der Waals surface area contributed by atoms with E-state index in [0.29, 0.717) is 6.42 Å². The van der Waals surface area contributed by atoms with Crippen molar-refractivity contribution in [3.8, 4) is 0 Å². The van der Waals surface area contributed by atoms with Crippen molar-refractivity contribution in [2.75, 3.05) is 7.11 Å². The van der Waals surface area contributed by atoms with Gasteiger partial charge in [-0.3, -0.25) is 9.59 Å². The average Bonchev–Trinajstić information content (AvgIpc) is 2.53. The molecule has 0 amide bonds. The van der Waals surface area contributed by atoms with Crippen LogP contribution in [-0.4, -0.2) is 60.6 Å². The zero-order valence-corrected chi connectivity index (χ0v) is 14.7. The number of methoxy groups -OCH3 is 1. The molecule has 8 heteroatoms. The zero-order valence-electron chi connectivity index (χ0n) is 14.7. The van der Waals surface area contributed by atoms with Gasteiger partial charge in [-0.1, -0.05) is 12.2 Å². The number of hydrogen-bond acceptors (Lipinski definition) is 8. The third kappa shape index (κ3) is 7.06. The number of aliphatic hydroxyl groups is 1. The summed E-state index contributed by atoms with van der Waals surface area (Å²) in [7, 11) is 1.38. The average molecular weight is 356 g/mol. The molecule has 0 aromatic rings. The van der Waals surface area contributed by atoms with Gasteiger partial charge in [-0.05, 0) is 13.0 Å². The third-order valence-electron chi connectivity index (χ3n) is 3.49. The van der Waals surface area contributed by atoms with E-state index in [0.717, 1.165) is 0 Å². The molecular formula is C17H24O8. The number of esters is 3. The molecule has 0 aromatic heterocycles. The van der Waals surface area contributed by atoms with Crippen LogP contribution in [0.5, 0.6) is 0 Å². The summed E-state index contributed by atoms with van der Waals surface area (Å²) in [4.78, 5) is 33.6. The highest BCUT2D eigenvalue weighted by Gasteiger charge is 2.30. The predicted octanol–water partition coefficient (Wildman–Crippen LogP) is 0.673. The molecule has 0 aliphatic carbocycles. The number of ether oxygens (including phenoxy) is 4. The second-order valence-corrected chi connectivity index (χ2v) is 5.58. The summed E-state index contributed by atoms with van der Waals surface area (Å²) in [6.45, 7) is 4.06. The summed E-state index contributed by atoms with van der Waals surface area (Å²) in [6, 6.07) is 0. The molecule has 0 bridgehead atoms. The molecule has 1 rings (SSSR count). The number of rotatable bonds is 8. The Morgan fingerprint density at radius 2 is 1.84 bits per heavy atom. The van der Waals surface area contributed by atoms with Crippen molar-refractivity contribution in [2.24, 2.45) is 0 Å². The monoisotopic (exact) mass is 356 g/mol. The van der Waals surface area contributed by atoms with Crippen LogP contribution in [0.3, 0.4) is 0 Å². The minimum Gasteiger partial charge on any atom is -0.459 e. The summed E-state index contributed by atoms with van der Waals surface area (Å²) >= 11 is 0. The van der Waals surface area contributed by atoms with Crippen molar-refractivity contribution in [3.05, 3.63) is 24.3 Å². The molecule has 0 radical (unpaired) electrons. The summed E-state index contributed by atoms with van der Waals surface area (Å²) < 4.78 is 20.4. The zero-order chi connectivity index (χ0) is 19.0. The van der Waals surface area contributed by atoms with E-state index < -0.39 is 48.4 Å². The van der Waals surface area contributed by atoms with Crippen molar-refractivity contribution < 1.29 is 38.4 Å². The topological polar surface area (TPSA) is 108 Å². The van der Waals surface area contributed by atoms with E-state index in [9.17, 15) is 19.5 Å². The molecule has 25 heavy (non-hydrogen) atoms. The van der Waals surface area contributed by atoms with Crippen LogP contribution in [0.4, 0.5) is 0 Å². The van der Waals surface area contributed by atoms with Gasteiger partial charge in [-0.25, -0.2) is 4.79 Å². The quantitative estimate of drug-likeness (QED) is 0.384. The molecule has 1 N–H and O–H groups in total. The molecule has 1 aliphatic rings. The molecule has 5 unspecified atom stereocenters. The van der Waals surface area contributed by atoms with Gasteiger partial charge in [0.05, 0.1) is 0 Å². The highest BCUT2D eigenvalue weighted by atomic mass is 16.6. The first-order valence-electron chi connectivity index (χ1n) is 7.85. The Morgan fingerprint density at radius 1 is 1.24 bits per heavy atom. The van der Waals surface area contributed by atoms with Crippen molar-refractivity contribution >= 4 is 17.9 Å². The van der Waals surface area contributed by atoms with Crippen LogP contribution in [0, 0.1) is 0 Å². The normalized spacial score (nSPS) is 22.0. The van der Waals surface area contributed by atoms with Gasteiger partial charge in [0.25, 0.3) is 0 Å². The maximum Gasteiger partial charge on any atom is 0.330 e. The molecule has 0 fully saturated rings. The summed E-state index contributed by atoms with van der Waals surface area (Å²) in [5, 5.41) is 10.3. The lowest BCUT2D eigenvalue weighted by atomic mass is 10.0. The smallest absolute Gasteiger partial charge is 0.330 e. The van der Waals surface area contributed by atoms with E-state index >= 15 is 0 Å². The van der Waals surface area contributed by atoms with Crippen LogP contribution < -0.4 is 0 Å². The van der Waals surface area contributed by atoms with Crippen molar-refractivity contribution in [1.82, 2.24) is 0 Å². The molecule has 0 aromatic carbocycles. The van der Waals surface area contributed by atoms with E-state index in [4.69, 9.17) is 18.9 Å². The van der Waals surface area contributed by atoms with E-state index in [1.54, 1.807) is 13.0 Å². The molecule has 8 nitrogen and oxygen atoms in total.